The summed E-state index contributed by atoms with van der Waals surface area (Å²) >= 11 is 0. The van der Waals surface area contributed by atoms with Gasteiger partial charge in [-0.2, -0.15) is 0 Å². The molecule has 1 heterocycles. The number of Topliss-reactive ketones (excluding diaryl/α,β-unsaturated/α-hetero) is 1. The van der Waals surface area contributed by atoms with E-state index in [2.05, 4.69) is 16.7 Å². The predicted octanol–water partition coefficient (Wildman–Crippen LogP) is 2.08. The third-order valence-corrected chi connectivity index (χ3v) is 3.89. The highest BCUT2D eigenvalue weighted by Gasteiger charge is 2.09. The normalized spacial score (nSPS) is 14.0. The molecule has 0 spiro atoms. The Bertz CT molecular complexity index is 564. The van der Waals surface area contributed by atoms with E-state index in [0.29, 0.717) is 31.4 Å². The molecule has 1 aromatic carbocycles. The van der Waals surface area contributed by atoms with Gasteiger partial charge >= 0.3 is 0 Å². The van der Waals surface area contributed by atoms with Crippen LogP contribution in [-0.4, -0.2) is 38.4 Å². The summed E-state index contributed by atoms with van der Waals surface area (Å²) in [4.78, 5) is 23.8. The molecular weight excluding hydrogens is 292 g/mol. The Labute approximate surface area is 137 Å². The number of hydrogen-bond acceptors (Lipinski definition) is 4. The SMILES string of the molecule is COc1ccc(C(=O)CCCC(=O)NCC2=CCNCC2)cc1. The van der Waals surface area contributed by atoms with E-state index in [1.807, 2.05) is 0 Å². The molecule has 1 aromatic rings. The fourth-order valence-electron chi connectivity index (χ4n) is 2.46. The highest BCUT2D eigenvalue weighted by molar-refractivity contribution is 5.96. The number of nitrogens with one attached hydrogen (secondary N) is 2. The van der Waals surface area contributed by atoms with Crippen LogP contribution < -0.4 is 15.4 Å². The first-order valence-electron chi connectivity index (χ1n) is 8.01. The van der Waals surface area contributed by atoms with Crippen LogP contribution in [0.15, 0.2) is 35.9 Å². The maximum Gasteiger partial charge on any atom is 0.220 e. The number of benzene rings is 1. The summed E-state index contributed by atoms with van der Waals surface area (Å²) in [6, 6.07) is 7.05. The van der Waals surface area contributed by atoms with Gasteiger partial charge < -0.3 is 15.4 Å². The van der Waals surface area contributed by atoms with Gasteiger partial charge in [-0.25, -0.2) is 0 Å². The third kappa shape index (κ3) is 5.87. The molecule has 124 valence electrons. The zero-order chi connectivity index (χ0) is 16.5. The zero-order valence-electron chi connectivity index (χ0n) is 13.6. The molecule has 0 saturated carbocycles. The van der Waals surface area contributed by atoms with Crippen LogP contribution in [0.1, 0.15) is 36.0 Å². The lowest BCUT2D eigenvalue weighted by atomic mass is 10.1. The topological polar surface area (TPSA) is 67.4 Å². The van der Waals surface area contributed by atoms with E-state index >= 15 is 0 Å². The number of carbonyl (C=O) groups is 2. The van der Waals surface area contributed by atoms with Crippen LogP contribution in [0.5, 0.6) is 5.75 Å². The first-order chi connectivity index (χ1) is 11.2. The predicted molar refractivity (Wildman–Crippen MR) is 89.8 cm³/mol. The van der Waals surface area contributed by atoms with Crippen LogP contribution in [0.4, 0.5) is 0 Å². The summed E-state index contributed by atoms with van der Waals surface area (Å²) < 4.78 is 5.07. The van der Waals surface area contributed by atoms with Crippen molar-refractivity contribution in [1.82, 2.24) is 10.6 Å². The van der Waals surface area contributed by atoms with Gasteiger partial charge in [0.05, 0.1) is 7.11 Å². The summed E-state index contributed by atoms with van der Waals surface area (Å²) in [6.07, 6.45) is 4.43. The average molecular weight is 316 g/mol. The summed E-state index contributed by atoms with van der Waals surface area (Å²) in [5.41, 5.74) is 1.93. The number of methoxy groups -OCH3 is 1. The van der Waals surface area contributed by atoms with Gasteiger partial charge in [-0.3, -0.25) is 9.59 Å². The van der Waals surface area contributed by atoms with Crippen molar-refractivity contribution in [2.45, 2.75) is 25.7 Å². The van der Waals surface area contributed by atoms with E-state index in [0.717, 1.165) is 25.3 Å². The van der Waals surface area contributed by atoms with Crippen molar-refractivity contribution in [2.24, 2.45) is 0 Å². The Kier molecular flexibility index (Phi) is 6.81. The van der Waals surface area contributed by atoms with E-state index in [9.17, 15) is 9.59 Å². The second kappa shape index (κ2) is 9.10. The van der Waals surface area contributed by atoms with Crippen LogP contribution in [0.2, 0.25) is 0 Å². The summed E-state index contributed by atoms with van der Waals surface area (Å²) in [5, 5.41) is 6.16. The van der Waals surface area contributed by atoms with Crippen molar-refractivity contribution in [3.05, 3.63) is 41.5 Å². The molecule has 1 aliphatic rings. The van der Waals surface area contributed by atoms with Crippen LogP contribution >= 0.6 is 0 Å². The van der Waals surface area contributed by atoms with Gasteiger partial charge in [0.1, 0.15) is 5.75 Å². The lowest BCUT2D eigenvalue weighted by Gasteiger charge is -2.14. The Morgan fingerprint density at radius 3 is 2.65 bits per heavy atom. The van der Waals surface area contributed by atoms with Crippen LogP contribution in [0, 0.1) is 0 Å². The van der Waals surface area contributed by atoms with E-state index in [4.69, 9.17) is 4.74 Å². The quantitative estimate of drug-likeness (QED) is 0.569. The molecular formula is C18H24N2O3. The molecule has 0 radical (unpaired) electrons. The third-order valence-electron chi connectivity index (χ3n) is 3.89. The molecule has 1 amide bonds. The first-order valence-corrected chi connectivity index (χ1v) is 8.01. The minimum Gasteiger partial charge on any atom is -0.497 e. The molecule has 0 atom stereocenters. The van der Waals surface area contributed by atoms with Crippen molar-refractivity contribution in [3.63, 3.8) is 0 Å². The summed E-state index contributed by atoms with van der Waals surface area (Å²) in [6.45, 7) is 2.46. The van der Waals surface area contributed by atoms with Gasteiger partial charge in [-0.05, 0) is 43.7 Å². The number of rotatable bonds is 8. The van der Waals surface area contributed by atoms with Crippen LogP contribution in [-0.2, 0) is 4.79 Å². The molecule has 5 heteroatoms. The molecule has 0 unspecified atom stereocenters. The molecule has 2 N–H and O–H groups in total. The molecule has 5 nitrogen and oxygen atoms in total. The largest absolute Gasteiger partial charge is 0.497 e. The van der Waals surface area contributed by atoms with Gasteiger partial charge in [0, 0.05) is 31.5 Å². The summed E-state index contributed by atoms with van der Waals surface area (Å²) in [7, 11) is 1.59. The Morgan fingerprint density at radius 1 is 1.22 bits per heavy atom. The molecule has 0 aromatic heterocycles. The first kappa shape index (κ1) is 17.2. The van der Waals surface area contributed by atoms with Gasteiger partial charge in [-0.1, -0.05) is 11.6 Å². The molecule has 23 heavy (non-hydrogen) atoms. The second-order valence-electron chi connectivity index (χ2n) is 5.60. The smallest absolute Gasteiger partial charge is 0.220 e. The average Bonchev–Trinajstić information content (AvgIpc) is 2.61. The lowest BCUT2D eigenvalue weighted by molar-refractivity contribution is -0.121. The van der Waals surface area contributed by atoms with E-state index in [-0.39, 0.29) is 11.7 Å². The number of ether oxygens (including phenoxy) is 1. The highest BCUT2D eigenvalue weighted by Crippen LogP contribution is 2.13. The van der Waals surface area contributed by atoms with E-state index in [1.54, 1.807) is 31.4 Å². The Hall–Kier alpha value is -2.14. The van der Waals surface area contributed by atoms with Crippen LogP contribution in [0.25, 0.3) is 0 Å². The van der Waals surface area contributed by atoms with Crippen molar-refractivity contribution in [2.75, 3.05) is 26.7 Å². The van der Waals surface area contributed by atoms with Gasteiger partial charge in [0.2, 0.25) is 5.91 Å². The van der Waals surface area contributed by atoms with Crippen molar-refractivity contribution in [3.8, 4) is 5.75 Å². The van der Waals surface area contributed by atoms with Gasteiger partial charge in [0.15, 0.2) is 5.78 Å². The van der Waals surface area contributed by atoms with Gasteiger partial charge in [-0.15, -0.1) is 0 Å². The maximum absolute atomic E-state index is 12.0. The lowest BCUT2D eigenvalue weighted by Crippen LogP contribution is -2.29. The maximum atomic E-state index is 12.0. The molecule has 2 rings (SSSR count). The molecule has 0 aliphatic carbocycles. The molecule has 1 aliphatic heterocycles. The Morgan fingerprint density at radius 2 is 2.00 bits per heavy atom. The van der Waals surface area contributed by atoms with Crippen molar-refractivity contribution < 1.29 is 14.3 Å². The van der Waals surface area contributed by atoms with E-state index in [1.165, 1.54) is 5.57 Å². The Balaban J connectivity index is 1.66. The number of carbonyl (C=O) groups excluding carboxylic acids is 2. The fourth-order valence-corrected chi connectivity index (χ4v) is 2.46. The monoisotopic (exact) mass is 316 g/mol. The minimum atomic E-state index is 0.00645. The van der Waals surface area contributed by atoms with Crippen molar-refractivity contribution in [1.29, 1.82) is 0 Å². The fraction of sp³-hybridized carbons (Fsp3) is 0.444. The standard InChI is InChI=1S/C18H24N2O3/c1-23-16-7-5-15(6-8-16)17(21)3-2-4-18(22)20-13-14-9-11-19-12-10-14/h5-9,19H,2-4,10-13H2,1H3,(H,20,22). The van der Waals surface area contributed by atoms with Crippen molar-refractivity contribution >= 4 is 11.7 Å². The highest BCUT2D eigenvalue weighted by atomic mass is 16.5. The summed E-state index contributed by atoms with van der Waals surface area (Å²) in [5.74, 6) is 0.793. The molecule has 0 fully saturated rings. The second-order valence-corrected chi connectivity index (χ2v) is 5.60. The zero-order valence-corrected chi connectivity index (χ0v) is 13.6. The van der Waals surface area contributed by atoms with E-state index < -0.39 is 0 Å². The minimum absolute atomic E-state index is 0.00645. The number of hydrogen-bond donors (Lipinski definition) is 2. The molecule has 0 saturated heterocycles. The molecule has 0 bridgehead atoms. The van der Waals surface area contributed by atoms with Crippen LogP contribution in [0.3, 0.4) is 0 Å². The number of ketones is 1. The number of amides is 1. The van der Waals surface area contributed by atoms with Gasteiger partial charge in [0.25, 0.3) is 0 Å².